The van der Waals surface area contributed by atoms with Crippen LogP contribution in [-0.2, 0) is 19.6 Å². The van der Waals surface area contributed by atoms with Crippen molar-refractivity contribution in [1.82, 2.24) is 9.78 Å². The number of hydrogen-bond acceptors (Lipinski definition) is 2. The van der Waals surface area contributed by atoms with Crippen LogP contribution in [0.5, 0.6) is 5.75 Å². The van der Waals surface area contributed by atoms with E-state index in [0.29, 0.717) is 11.6 Å². The molecule has 0 radical (unpaired) electrons. The average molecular weight is 279 g/mol. The lowest BCUT2D eigenvalue weighted by Gasteiger charge is -2.10. The molecule has 102 valence electrons. The highest BCUT2D eigenvalue weighted by Gasteiger charge is 2.07. The summed E-state index contributed by atoms with van der Waals surface area (Å²) in [4.78, 5) is 0. The zero-order valence-corrected chi connectivity index (χ0v) is 12.4. The van der Waals surface area contributed by atoms with Gasteiger partial charge in [0.1, 0.15) is 12.4 Å². The zero-order chi connectivity index (χ0) is 13.8. The first-order valence-corrected chi connectivity index (χ1v) is 6.96. The molecule has 2 aromatic rings. The highest BCUT2D eigenvalue weighted by molar-refractivity contribution is 6.30. The molecule has 0 aliphatic heterocycles. The lowest BCUT2D eigenvalue weighted by molar-refractivity contribution is 0.290. The molecule has 4 heteroatoms. The fourth-order valence-electron chi connectivity index (χ4n) is 1.96. The third-order valence-corrected chi connectivity index (χ3v) is 3.34. The van der Waals surface area contributed by atoms with E-state index in [1.165, 1.54) is 0 Å². The van der Waals surface area contributed by atoms with Crippen molar-refractivity contribution in [2.24, 2.45) is 0 Å². The van der Waals surface area contributed by atoms with Crippen molar-refractivity contribution >= 4 is 11.6 Å². The van der Waals surface area contributed by atoms with Crippen LogP contribution in [0.1, 0.15) is 30.8 Å². The fourth-order valence-corrected chi connectivity index (χ4v) is 2.12. The highest BCUT2D eigenvalue weighted by Crippen LogP contribution is 2.23. The van der Waals surface area contributed by atoms with Crippen LogP contribution in [0.25, 0.3) is 0 Å². The van der Waals surface area contributed by atoms with Crippen molar-refractivity contribution in [3.8, 4) is 5.75 Å². The summed E-state index contributed by atoms with van der Waals surface area (Å²) >= 11 is 5.99. The largest absolute Gasteiger partial charge is 0.487 e. The first-order chi connectivity index (χ1) is 9.13. The molecule has 3 nitrogen and oxygen atoms in total. The molecular formula is C15H19ClN2O. The summed E-state index contributed by atoms with van der Waals surface area (Å²) in [7, 11) is 0. The van der Waals surface area contributed by atoms with Gasteiger partial charge in [-0.3, -0.25) is 4.68 Å². The molecule has 0 fully saturated rings. The maximum atomic E-state index is 5.99. The Morgan fingerprint density at radius 2 is 2.05 bits per heavy atom. The molecule has 0 N–H and O–H groups in total. The monoisotopic (exact) mass is 278 g/mol. The fraction of sp³-hybridized carbons (Fsp3) is 0.400. The van der Waals surface area contributed by atoms with Crippen LogP contribution in [0.4, 0.5) is 0 Å². The summed E-state index contributed by atoms with van der Waals surface area (Å²) in [6.07, 6.45) is 0.941. The Balaban J connectivity index is 2.13. The van der Waals surface area contributed by atoms with Gasteiger partial charge in [0, 0.05) is 11.6 Å². The van der Waals surface area contributed by atoms with Crippen molar-refractivity contribution in [1.29, 1.82) is 0 Å². The van der Waals surface area contributed by atoms with Gasteiger partial charge >= 0.3 is 0 Å². The zero-order valence-electron chi connectivity index (χ0n) is 11.6. The standard InChI is InChI=1S/C15H19ClN2O/c1-4-13-9-14(18(5-2)17-13)10-19-15-8-12(16)7-6-11(15)3/h6-9H,4-5,10H2,1-3H3. The van der Waals surface area contributed by atoms with Crippen LogP contribution < -0.4 is 4.74 Å². The molecule has 0 saturated heterocycles. The maximum absolute atomic E-state index is 5.99. The number of hydrogen-bond donors (Lipinski definition) is 0. The Bertz CT molecular complexity index is 563. The van der Waals surface area contributed by atoms with Gasteiger partial charge in [-0.2, -0.15) is 5.10 Å². The Labute approximate surface area is 119 Å². The molecule has 0 bridgehead atoms. The van der Waals surface area contributed by atoms with E-state index in [0.717, 1.165) is 35.7 Å². The third-order valence-electron chi connectivity index (χ3n) is 3.10. The van der Waals surface area contributed by atoms with Gasteiger partial charge in [-0.25, -0.2) is 0 Å². The second kappa shape index (κ2) is 6.11. The van der Waals surface area contributed by atoms with Gasteiger partial charge in [0.05, 0.1) is 11.4 Å². The molecule has 0 atom stereocenters. The molecule has 0 aliphatic carbocycles. The molecule has 0 unspecified atom stereocenters. The minimum Gasteiger partial charge on any atom is -0.487 e. The van der Waals surface area contributed by atoms with E-state index >= 15 is 0 Å². The summed E-state index contributed by atoms with van der Waals surface area (Å²) in [6.45, 7) is 7.57. The van der Waals surface area contributed by atoms with Crippen molar-refractivity contribution in [3.05, 3.63) is 46.2 Å². The predicted octanol–water partition coefficient (Wildman–Crippen LogP) is 4.01. The van der Waals surface area contributed by atoms with Crippen molar-refractivity contribution in [3.63, 3.8) is 0 Å². The van der Waals surface area contributed by atoms with E-state index < -0.39 is 0 Å². The summed E-state index contributed by atoms with van der Waals surface area (Å²) < 4.78 is 7.84. The SMILES string of the molecule is CCc1cc(COc2cc(Cl)ccc2C)n(CC)n1. The second-order valence-corrected chi connectivity index (χ2v) is 4.93. The van der Waals surface area contributed by atoms with E-state index in [-0.39, 0.29) is 0 Å². The van der Waals surface area contributed by atoms with Crippen LogP contribution in [0.2, 0.25) is 5.02 Å². The van der Waals surface area contributed by atoms with Gasteiger partial charge in [0.15, 0.2) is 0 Å². The minimum absolute atomic E-state index is 0.516. The Morgan fingerprint density at radius 3 is 2.74 bits per heavy atom. The van der Waals surface area contributed by atoms with E-state index in [1.54, 1.807) is 0 Å². The Kier molecular flexibility index (Phi) is 4.48. The normalized spacial score (nSPS) is 10.7. The van der Waals surface area contributed by atoms with E-state index in [9.17, 15) is 0 Å². The molecular weight excluding hydrogens is 260 g/mol. The van der Waals surface area contributed by atoms with E-state index in [4.69, 9.17) is 16.3 Å². The number of aryl methyl sites for hydroxylation is 3. The smallest absolute Gasteiger partial charge is 0.130 e. The molecule has 19 heavy (non-hydrogen) atoms. The van der Waals surface area contributed by atoms with Crippen molar-refractivity contribution in [2.45, 2.75) is 40.3 Å². The second-order valence-electron chi connectivity index (χ2n) is 4.49. The van der Waals surface area contributed by atoms with E-state index in [1.807, 2.05) is 29.8 Å². The molecule has 0 spiro atoms. The molecule has 1 heterocycles. The number of aromatic nitrogens is 2. The summed E-state index contributed by atoms with van der Waals surface area (Å²) in [6, 6.07) is 7.79. The van der Waals surface area contributed by atoms with Crippen LogP contribution in [0.15, 0.2) is 24.3 Å². The Morgan fingerprint density at radius 1 is 1.26 bits per heavy atom. The molecule has 1 aromatic heterocycles. The van der Waals surface area contributed by atoms with Crippen LogP contribution in [0, 0.1) is 6.92 Å². The number of ether oxygens (including phenoxy) is 1. The van der Waals surface area contributed by atoms with Gasteiger partial charge in [-0.1, -0.05) is 24.6 Å². The predicted molar refractivity (Wildman–Crippen MR) is 77.8 cm³/mol. The molecule has 1 aromatic carbocycles. The number of nitrogens with zero attached hydrogens (tertiary/aromatic N) is 2. The van der Waals surface area contributed by atoms with Gasteiger partial charge in [-0.15, -0.1) is 0 Å². The van der Waals surface area contributed by atoms with Crippen molar-refractivity contribution in [2.75, 3.05) is 0 Å². The van der Waals surface area contributed by atoms with Crippen LogP contribution in [-0.4, -0.2) is 9.78 Å². The lowest BCUT2D eigenvalue weighted by Crippen LogP contribution is -2.06. The lowest BCUT2D eigenvalue weighted by atomic mass is 10.2. The van der Waals surface area contributed by atoms with Crippen LogP contribution in [0.3, 0.4) is 0 Å². The van der Waals surface area contributed by atoms with Crippen LogP contribution >= 0.6 is 11.6 Å². The highest BCUT2D eigenvalue weighted by atomic mass is 35.5. The maximum Gasteiger partial charge on any atom is 0.130 e. The minimum atomic E-state index is 0.516. The topological polar surface area (TPSA) is 27.1 Å². The summed E-state index contributed by atoms with van der Waals surface area (Å²) in [5.41, 5.74) is 3.28. The van der Waals surface area contributed by atoms with Gasteiger partial charge in [-0.05, 0) is 44.0 Å². The number of halogens is 1. The number of rotatable bonds is 5. The summed E-state index contributed by atoms with van der Waals surface area (Å²) in [5.74, 6) is 0.828. The first kappa shape index (κ1) is 13.9. The molecule has 0 amide bonds. The molecule has 0 aliphatic rings. The van der Waals surface area contributed by atoms with Gasteiger partial charge in [0.25, 0.3) is 0 Å². The molecule has 0 saturated carbocycles. The number of benzene rings is 1. The first-order valence-electron chi connectivity index (χ1n) is 6.58. The summed E-state index contributed by atoms with van der Waals surface area (Å²) in [5, 5.41) is 5.20. The Hall–Kier alpha value is -1.48. The van der Waals surface area contributed by atoms with Crippen molar-refractivity contribution < 1.29 is 4.74 Å². The van der Waals surface area contributed by atoms with Gasteiger partial charge < -0.3 is 4.74 Å². The quantitative estimate of drug-likeness (QED) is 0.826. The molecule has 2 rings (SSSR count). The average Bonchev–Trinajstić information content (AvgIpc) is 2.82. The third kappa shape index (κ3) is 3.29. The van der Waals surface area contributed by atoms with E-state index in [2.05, 4.69) is 25.0 Å². The van der Waals surface area contributed by atoms with Gasteiger partial charge in [0.2, 0.25) is 0 Å².